The van der Waals surface area contributed by atoms with Crippen LogP contribution in [0.3, 0.4) is 0 Å². The average molecular weight is 59.1 g/mol. The lowest BCUT2D eigenvalue weighted by atomic mass is 11.0. The molecule has 0 spiro atoms. The number of aliphatic hydroxyl groups is 1. The molecule has 0 radical (unpaired) electrons. The molecule has 0 aromatic carbocycles. The van der Waals surface area contributed by atoms with Crippen molar-refractivity contribution in [1.29, 1.82) is 0 Å². The van der Waals surface area contributed by atoms with Gasteiger partial charge in [-0.15, -0.1) is 0 Å². The van der Waals surface area contributed by atoms with Crippen molar-refractivity contribution in [2.45, 2.75) is 0 Å². The molecule has 0 aromatic rings. The molecule has 0 saturated heterocycles. The molecule has 0 heterocycles. The Balaban J connectivity index is 2.55. The van der Waals surface area contributed by atoms with E-state index in [9.17, 15) is 0 Å². The molecular formula is C2H5NO. The maximum atomic E-state index is 7.57. The van der Waals surface area contributed by atoms with Gasteiger partial charge in [0.2, 0.25) is 0 Å². The monoisotopic (exact) mass is 59.0 g/mol. The van der Waals surface area contributed by atoms with E-state index in [1.807, 2.05) is 0 Å². The Morgan fingerprint density at radius 2 is 2.00 bits per heavy atom. The molecule has 0 unspecified atom stereocenters. The largest absolute Gasteiger partial charge is 0.514 e. The molecule has 0 aliphatic carbocycles. The summed E-state index contributed by atoms with van der Waals surface area (Å²) in [6.45, 7) is 0. The Morgan fingerprint density at radius 3 is 2.00 bits per heavy atom. The Labute approximate surface area is 24.5 Å². The van der Waals surface area contributed by atoms with Crippen LogP contribution in [0.1, 0.15) is 0 Å². The first-order valence-electron chi connectivity index (χ1n) is 0.925. The van der Waals surface area contributed by atoms with Crippen molar-refractivity contribution in [2.75, 3.05) is 0 Å². The van der Waals surface area contributed by atoms with E-state index in [0.717, 1.165) is 12.5 Å². The zero-order chi connectivity index (χ0) is 3.41. The highest BCUT2D eigenvalue weighted by Crippen LogP contribution is 1.38. The molecule has 0 aliphatic heterocycles. The summed E-state index contributed by atoms with van der Waals surface area (Å²) in [6, 6.07) is 0. The normalized spacial score (nSPS) is 9.00. The van der Waals surface area contributed by atoms with E-state index in [4.69, 9.17) is 5.11 Å². The summed E-state index contributed by atoms with van der Waals surface area (Å²) in [5, 5.41) is 7.57. The summed E-state index contributed by atoms with van der Waals surface area (Å²) < 4.78 is 0. The highest BCUT2D eigenvalue weighted by atomic mass is 16.2. The van der Waals surface area contributed by atoms with E-state index < -0.39 is 0 Å². The summed E-state index contributed by atoms with van der Waals surface area (Å²) in [7, 11) is 0. The van der Waals surface area contributed by atoms with E-state index in [1.54, 1.807) is 0 Å². The Kier molecular flexibility index (Phi) is 1.95. The number of hydrogen-bond donors (Lipinski definition) is 2. The van der Waals surface area contributed by atoms with Gasteiger partial charge in [0.25, 0.3) is 0 Å². The molecule has 0 saturated carbocycles. The van der Waals surface area contributed by atoms with E-state index in [1.165, 1.54) is 0 Å². The maximum Gasteiger partial charge on any atom is 0.0946 e. The minimum absolute atomic E-state index is 0.778. The van der Waals surface area contributed by atoms with E-state index >= 15 is 0 Å². The van der Waals surface area contributed by atoms with Crippen LogP contribution in [-0.2, 0) is 0 Å². The molecule has 0 aromatic heterocycles. The third kappa shape index (κ3) is 1.34. The highest BCUT2D eigenvalue weighted by Gasteiger charge is 1.33. The minimum atomic E-state index is 0.778. The van der Waals surface area contributed by atoms with Crippen molar-refractivity contribution in [1.82, 2.24) is 0 Å². The summed E-state index contributed by atoms with van der Waals surface area (Å²) in [5.74, 6) is 0. The Morgan fingerprint density at radius 1 is 1.75 bits per heavy atom. The van der Waals surface area contributed by atoms with Crippen LogP contribution in [-0.4, -0.2) is 5.11 Å². The fraction of sp³-hybridized carbons (Fsp3) is 0. The van der Waals surface area contributed by atoms with Crippen LogP contribution in [0.4, 0.5) is 0 Å². The minimum Gasteiger partial charge on any atom is -0.514 e. The number of aliphatic hydroxyl groups excluding tert-OH is 1. The zero-order valence-corrected chi connectivity index (χ0v) is 2.18. The average Bonchev–Trinajstić information content (AvgIpc) is 1.37. The second-order valence-electron chi connectivity index (χ2n) is 0.342. The van der Waals surface area contributed by atoms with Crippen molar-refractivity contribution in [2.24, 2.45) is 5.73 Å². The second kappa shape index (κ2) is 2.34. The van der Waals surface area contributed by atoms with Gasteiger partial charge < -0.3 is 10.8 Å². The van der Waals surface area contributed by atoms with E-state index in [2.05, 4.69) is 5.73 Å². The van der Waals surface area contributed by atoms with Crippen molar-refractivity contribution in [3.63, 3.8) is 0 Å². The first-order chi connectivity index (χ1) is 1.91. The SMILES string of the molecule is NC=CO. The van der Waals surface area contributed by atoms with Gasteiger partial charge in [0.15, 0.2) is 0 Å². The van der Waals surface area contributed by atoms with Gasteiger partial charge in [0.05, 0.1) is 6.26 Å². The summed E-state index contributed by atoms with van der Waals surface area (Å²) in [6.07, 6.45) is 1.83. The van der Waals surface area contributed by atoms with Gasteiger partial charge in [-0.05, 0) is 0 Å². The first kappa shape index (κ1) is 3.34. The van der Waals surface area contributed by atoms with Crippen LogP contribution >= 0.6 is 0 Å². The number of rotatable bonds is 0. The van der Waals surface area contributed by atoms with Gasteiger partial charge in [-0.1, -0.05) is 0 Å². The number of hydrogen-bond acceptors (Lipinski definition) is 2. The first-order valence-corrected chi connectivity index (χ1v) is 0.925. The van der Waals surface area contributed by atoms with Gasteiger partial charge in [-0.25, -0.2) is 0 Å². The van der Waals surface area contributed by atoms with Crippen LogP contribution in [0.25, 0.3) is 0 Å². The topological polar surface area (TPSA) is 46.2 Å². The molecule has 2 heteroatoms. The van der Waals surface area contributed by atoms with Gasteiger partial charge in [0.1, 0.15) is 0 Å². The molecule has 0 rings (SSSR count). The van der Waals surface area contributed by atoms with Gasteiger partial charge in [0, 0.05) is 6.20 Å². The van der Waals surface area contributed by atoms with Crippen molar-refractivity contribution in [3.05, 3.63) is 12.5 Å². The lowest BCUT2D eigenvalue weighted by molar-refractivity contribution is 0.472. The lowest BCUT2D eigenvalue weighted by Gasteiger charge is -1.56. The number of nitrogens with two attached hydrogens (primary N) is 1. The predicted octanol–water partition coefficient (Wildman–Crippen LogP) is -0.0257. The standard InChI is InChI=1S/C2H5NO/c3-1-2-4/h1-2,4H,3H2. The summed E-state index contributed by atoms with van der Waals surface area (Å²) >= 11 is 0. The Bertz CT molecular complexity index is 21.2. The third-order valence-corrected chi connectivity index (χ3v) is 0.0861. The second-order valence-corrected chi connectivity index (χ2v) is 0.342. The fourth-order valence-corrected chi connectivity index (χ4v) is 0. The highest BCUT2D eigenvalue weighted by molar-refractivity contribution is 4.58. The zero-order valence-electron chi connectivity index (χ0n) is 2.18. The third-order valence-electron chi connectivity index (χ3n) is 0.0861. The molecule has 0 bridgehead atoms. The van der Waals surface area contributed by atoms with Crippen LogP contribution in [0, 0.1) is 0 Å². The molecule has 4 heavy (non-hydrogen) atoms. The van der Waals surface area contributed by atoms with E-state index in [-0.39, 0.29) is 0 Å². The molecule has 24 valence electrons. The van der Waals surface area contributed by atoms with Gasteiger partial charge in [-0.2, -0.15) is 0 Å². The molecule has 2 nitrogen and oxygen atoms in total. The van der Waals surface area contributed by atoms with Gasteiger partial charge in [-0.3, -0.25) is 0 Å². The van der Waals surface area contributed by atoms with Gasteiger partial charge >= 0.3 is 0 Å². The molecule has 0 aliphatic rings. The molecule has 3 N–H and O–H groups in total. The fourth-order valence-electron chi connectivity index (χ4n) is 0. The lowest BCUT2D eigenvalue weighted by Crippen LogP contribution is -1.71. The van der Waals surface area contributed by atoms with Crippen LogP contribution in [0.5, 0.6) is 0 Å². The predicted molar refractivity (Wildman–Crippen MR) is 16.0 cm³/mol. The maximum absolute atomic E-state index is 7.57. The van der Waals surface area contributed by atoms with Crippen LogP contribution < -0.4 is 5.73 Å². The van der Waals surface area contributed by atoms with Crippen LogP contribution in [0.2, 0.25) is 0 Å². The van der Waals surface area contributed by atoms with E-state index in [0.29, 0.717) is 0 Å². The smallest absolute Gasteiger partial charge is 0.0946 e. The quantitative estimate of drug-likeness (QED) is 0.385. The Hall–Kier alpha value is -0.660. The summed E-state index contributed by atoms with van der Waals surface area (Å²) in [4.78, 5) is 0. The molecule has 0 amide bonds. The van der Waals surface area contributed by atoms with Crippen molar-refractivity contribution in [3.8, 4) is 0 Å². The molecule has 0 fully saturated rings. The summed E-state index contributed by atoms with van der Waals surface area (Å²) in [5.41, 5.74) is 4.60. The molecule has 0 atom stereocenters. The van der Waals surface area contributed by atoms with Crippen LogP contribution in [0.15, 0.2) is 12.5 Å². The van der Waals surface area contributed by atoms with Crippen molar-refractivity contribution >= 4 is 0 Å². The molecular weight excluding hydrogens is 54.0 g/mol. The van der Waals surface area contributed by atoms with Crippen molar-refractivity contribution < 1.29 is 5.11 Å².